The second-order valence-corrected chi connectivity index (χ2v) is 15.2. The van der Waals surface area contributed by atoms with Gasteiger partial charge < -0.3 is 10.8 Å². The number of azo groups is 2. The van der Waals surface area contributed by atoms with E-state index in [0.717, 1.165) is 24.3 Å². The zero-order chi connectivity index (χ0) is 35.4. The van der Waals surface area contributed by atoms with Crippen molar-refractivity contribution < 1.29 is 72.5 Å². The number of phenolic OH excluding ortho intramolecular Hbond substituents is 1. The van der Waals surface area contributed by atoms with Gasteiger partial charge in [-0.1, -0.05) is 10.1 Å². The molecule has 0 heterocycles. The van der Waals surface area contributed by atoms with Crippen molar-refractivity contribution in [1.29, 1.82) is 0 Å². The Morgan fingerprint density at radius 1 is 0.667 bits per heavy atom. The maximum Gasteiger partial charge on any atom is 0.296 e. The van der Waals surface area contributed by atoms with Crippen molar-refractivity contribution in [2.45, 2.75) is 14.7 Å². The van der Waals surface area contributed by atoms with E-state index in [1.54, 1.807) is 0 Å². The van der Waals surface area contributed by atoms with Gasteiger partial charge >= 0.3 is 0 Å². The molecule has 0 aliphatic rings. The van der Waals surface area contributed by atoms with E-state index in [9.17, 15) is 34.9 Å². The van der Waals surface area contributed by atoms with Crippen LogP contribution in [0.25, 0.3) is 0 Å². The van der Waals surface area contributed by atoms with E-state index in [0.29, 0.717) is 6.07 Å². The molecular formula is C22H23N5O16S5. The second-order valence-electron chi connectivity index (χ2n) is 8.60. The predicted molar refractivity (Wildman–Crippen MR) is 164 cm³/mol. The number of anilines is 1. The third-order valence-electron chi connectivity index (χ3n) is 5.51. The summed E-state index contributed by atoms with van der Waals surface area (Å²) in [6.07, 6.45) is 0. The smallest absolute Gasteiger partial charge is 0.296 e. The monoisotopic (exact) mass is 773 g/mol. The van der Waals surface area contributed by atoms with E-state index >= 15 is 0 Å². The third-order valence-corrected chi connectivity index (χ3v) is 10.5. The largest absolute Gasteiger partial charge is 0.506 e. The molecule has 3 rings (SSSR count). The van der Waals surface area contributed by atoms with Crippen molar-refractivity contribution in [2.75, 3.05) is 30.5 Å². The van der Waals surface area contributed by atoms with Gasteiger partial charge in [0.2, 0.25) is 0 Å². The Morgan fingerprint density at radius 2 is 1.19 bits per heavy atom. The lowest BCUT2D eigenvalue weighted by atomic mass is 10.2. The summed E-state index contributed by atoms with van der Waals surface area (Å²) in [7, 11) is -12.9. The van der Waals surface area contributed by atoms with Crippen molar-refractivity contribution in [3.8, 4) is 5.75 Å². The summed E-state index contributed by atoms with van der Waals surface area (Å²) >= 11 is 0.373. The molecule has 262 valence electrons. The minimum atomic E-state index is -5.03. The number of rotatable bonds is 19. The van der Waals surface area contributed by atoms with Gasteiger partial charge in [-0.15, -0.1) is 24.0 Å². The molecule has 3 aromatic carbocycles. The Morgan fingerprint density at radius 3 is 1.75 bits per heavy atom. The first-order chi connectivity index (χ1) is 22.7. The number of hydrogen-bond acceptors (Lipinski definition) is 22. The van der Waals surface area contributed by atoms with Crippen molar-refractivity contribution in [3.05, 3.63) is 54.6 Å². The molecule has 0 aromatic heterocycles. The summed E-state index contributed by atoms with van der Waals surface area (Å²) in [6.45, 7) is -0.740. The molecule has 0 saturated heterocycles. The van der Waals surface area contributed by atoms with Gasteiger partial charge in [0.1, 0.15) is 27.7 Å². The van der Waals surface area contributed by atoms with E-state index < -0.39 is 69.1 Å². The van der Waals surface area contributed by atoms with Crippen LogP contribution in [0.5, 0.6) is 5.75 Å². The van der Waals surface area contributed by atoms with Gasteiger partial charge in [0, 0.05) is 6.07 Å². The average molecular weight is 774 g/mol. The fourth-order valence-electron chi connectivity index (χ4n) is 3.32. The fourth-order valence-corrected chi connectivity index (χ4v) is 6.89. The van der Waals surface area contributed by atoms with Crippen LogP contribution in [0.15, 0.2) is 89.7 Å². The quantitative estimate of drug-likeness (QED) is 0.0211. The normalized spacial score (nSPS) is 12.7. The molecule has 48 heavy (non-hydrogen) atoms. The number of nitrogens with zero attached hydrogens (tertiary/aromatic N) is 4. The molecule has 0 atom stereocenters. The van der Waals surface area contributed by atoms with E-state index in [-0.39, 0.29) is 58.9 Å². The molecule has 26 heteroatoms. The molecule has 0 aliphatic heterocycles. The number of nitrogens with two attached hydrogens (primary N) is 1. The minimum Gasteiger partial charge on any atom is -0.506 e. The number of hydrogen-bond donors (Lipinski definition) is 5. The lowest BCUT2D eigenvalue weighted by Crippen LogP contribution is -2.12. The van der Waals surface area contributed by atoms with E-state index in [1.807, 2.05) is 0 Å². The highest BCUT2D eigenvalue weighted by molar-refractivity contribution is 7.92. The van der Waals surface area contributed by atoms with E-state index in [2.05, 4.69) is 39.2 Å². The Hall–Kier alpha value is -3.35. The number of phenols is 1. The van der Waals surface area contributed by atoms with Crippen molar-refractivity contribution in [3.63, 3.8) is 0 Å². The van der Waals surface area contributed by atoms with Gasteiger partial charge in [-0.2, -0.15) is 13.5 Å². The van der Waals surface area contributed by atoms with Crippen LogP contribution in [0.2, 0.25) is 0 Å². The van der Waals surface area contributed by atoms with E-state index in [4.69, 9.17) is 24.6 Å². The standard InChI is InChI=1S/C22H23N5O16S5/c23-17-12-21(28)20(13-19(17)26-24-14-1-3-15(4-2-14)46(31,32)9-7-38-44-42-40-29)27-25-18-6-5-16(11-22(18)48(35,36)37)47(33,34)10-8-39-45-43-41-30/h1-6,11-13,28-30H,7-10,23H2,(H,35,36,37)/b26-24+,27-25+. The van der Waals surface area contributed by atoms with Gasteiger partial charge in [-0.3, -0.25) is 12.9 Å². The van der Waals surface area contributed by atoms with Crippen LogP contribution in [0.4, 0.5) is 28.4 Å². The SMILES string of the molecule is Nc1cc(O)c(/N=N/c2ccc(S(=O)(=O)CCOSOOO)cc2S(=O)(=O)O)cc1/N=N/c1ccc(S(=O)(=O)CCOSOOO)cc1. The van der Waals surface area contributed by atoms with Crippen molar-refractivity contribution >= 4 is 82.9 Å². The second kappa shape index (κ2) is 17.9. The zero-order valence-electron chi connectivity index (χ0n) is 23.6. The summed E-state index contributed by atoms with van der Waals surface area (Å²) in [5, 5.41) is 48.4. The Bertz CT molecular complexity index is 1940. The molecule has 0 amide bonds. The van der Waals surface area contributed by atoms with Crippen LogP contribution >= 0.6 is 24.6 Å². The highest BCUT2D eigenvalue weighted by Gasteiger charge is 2.22. The lowest BCUT2D eigenvalue weighted by Gasteiger charge is -2.08. The topological polar surface area (TPSA) is 314 Å². The minimum absolute atomic E-state index is 0.0325. The summed E-state index contributed by atoms with van der Waals surface area (Å²) in [5.41, 5.74) is 5.24. The number of sulfone groups is 2. The van der Waals surface area contributed by atoms with Crippen LogP contribution in [0.1, 0.15) is 0 Å². The van der Waals surface area contributed by atoms with Crippen LogP contribution in [-0.2, 0) is 56.9 Å². The fraction of sp³-hybridized carbons (Fsp3) is 0.182. The molecule has 6 N–H and O–H groups in total. The Kier molecular flexibility index (Phi) is 14.6. The predicted octanol–water partition coefficient (Wildman–Crippen LogP) is 4.60. The third kappa shape index (κ3) is 11.7. The summed E-state index contributed by atoms with van der Waals surface area (Å²) in [4.78, 5) is -1.49. The molecule has 0 aliphatic carbocycles. The molecule has 3 aromatic rings. The molecule has 21 nitrogen and oxygen atoms in total. The Balaban J connectivity index is 1.80. The lowest BCUT2D eigenvalue weighted by molar-refractivity contribution is -0.434. The molecule has 0 bridgehead atoms. The van der Waals surface area contributed by atoms with Crippen LogP contribution in [-0.4, -0.2) is 70.1 Å². The average Bonchev–Trinajstić information content (AvgIpc) is 3.03. The van der Waals surface area contributed by atoms with Crippen LogP contribution in [0.3, 0.4) is 0 Å². The van der Waals surface area contributed by atoms with Crippen molar-refractivity contribution in [2.24, 2.45) is 20.5 Å². The van der Waals surface area contributed by atoms with Gasteiger partial charge in [0.15, 0.2) is 44.3 Å². The maximum atomic E-state index is 12.6. The molecular weight excluding hydrogens is 751 g/mol. The summed E-state index contributed by atoms with van der Waals surface area (Å²) in [5.74, 6) is -1.59. The van der Waals surface area contributed by atoms with Gasteiger partial charge in [-0.25, -0.2) is 27.4 Å². The van der Waals surface area contributed by atoms with Gasteiger partial charge in [-0.05, 0) is 48.5 Å². The zero-order valence-corrected chi connectivity index (χ0v) is 27.7. The molecule has 0 unspecified atom stereocenters. The highest BCUT2D eigenvalue weighted by atomic mass is 32.2. The summed E-state index contributed by atoms with van der Waals surface area (Å²) < 4.78 is 101. The molecule has 0 radical (unpaired) electrons. The number of benzene rings is 3. The van der Waals surface area contributed by atoms with Crippen LogP contribution < -0.4 is 5.73 Å². The first-order valence-corrected chi connectivity index (χ1v) is 18.4. The first-order valence-electron chi connectivity index (χ1n) is 12.3. The number of aromatic hydroxyl groups is 1. The molecule has 0 fully saturated rings. The van der Waals surface area contributed by atoms with Crippen molar-refractivity contribution in [1.82, 2.24) is 0 Å². The van der Waals surface area contributed by atoms with E-state index in [1.165, 1.54) is 24.3 Å². The maximum absolute atomic E-state index is 12.6. The van der Waals surface area contributed by atoms with Crippen LogP contribution in [0, 0.1) is 0 Å². The molecule has 0 spiro atoms. The Labute approximate surface area is 280 Å². The highest BCUT2D eigenvalue weighted by Crippen LogP contribution is 2.38. The van der Waals surface area contributed by atoms with Gasteiger partial charge in [0.25, 0.3) is 10.1 Å². The summed E-state index contributed by atoms with van der Waals surface area (Å²) in [6, 6.07) is 10.0. The first kappa shape index (κ1) is 39.1. The number of nitrogen functional groups attached to an aromatic ring is 1. The van der Waals surface area contributed by atoms with Gasteiger partial charge in [0.05, 0.1) is 45.9 Å². The molecule has 0 saturated carbocycles.